The molecule has 2 aromatic heterocycles. The van der Waals surface area contributed by atoms with E-state index in [1.807, 2.05) is 18.2 Å². The average molecular weight is 403 g/mol. The number of fused-ring (bicyclic) bond motifs is 1. The summed E-state index contributed by atoms with van der Waals surface area (Å²) in [7, 11) is 0. The molecule has 1 fully saturated rings. The fraction of sp³-hybridized carbons (Fsp3) is 0.316. The molecule has 8 heteroatoms. The molecule has 0 aliphatic heterocycles. The lowest BCUT2D eigenvalue weighted by Gasteiger charge is -2.29. The number of primary amides is 1. The third-order valence-electron chi connectivity index (χ3n) is 4.67. The van der Waals surface area contributed by atoms with Crippen molar-refractivity contribution in [3.8, 4) is 5.88 Å². The summed E-state index contributed by atoms with van der Waals surface area (Å²) in [6.07, 6.45) is 5.31. The summed E-state index contributed by atoms with van der Waals surface area (Å²) in [4.78, 5) is 20.3. The molecule has 0 unspecified atom stereocenters. The van der Waals surface area contributed by atoms with Gasteiger partial charge >= 0.3 is 0 Å². The molecule has 0 atom stereocenters. The molecule has 1 saturated carbocycles. The lowest BCUT2D eigenvalue weighted by atomic mass is 9.93. The van der Waals surface area contributed by atoms with E-state index >= 15 is 0 Å². The molecule has 1 amide bonds. The highest BCUT2D eigenvalue weighted by molar-refractivity contribution is 7.22. The van der Waals surface area contributed by atoms with Gasteiger partial charge in [-0.15, -0.1) is 0 Å². The largest absolute Gasteiger partial charge is 0.474 e. The van der Waals surface area contributed by atoms with Gasteiger partial charge in [-0.05, 0) is 56.0 Å². The minimum Gasteiger partial charge on any atom is -0.474 e. The van der Waals surface area contributed by atoms with E-state index in [4.69, 9.17) is 22.1 Å². The fourth-order valence-electron chi connectivity index (χ4n) is 3.29. The first-order chi connectivity index (χ1) is 13.1. The Morgan fingerprint density at radius 2 is 2.07 bits per heavy atom. The summed E-state index contributed by atoms with van der Waals surface area (Å²) in [6, 6.07) is 9.39. The van der Waals surface area contributed by atoms with Gasteiger partial charge in [0.15, 0.2) is 5.13 Å². The van der Waals surface area contributed by atoms with Crippen molar-refractivity contribution in [2.45, 2.75) is 37.8 Å². The van der Waals surface area contributed by atoms with Crippen LogP contribution in [0.3, 0.4) is 0 Å². The van der Waals surface area contributed by atoms with Crippen molar-refractivity contribution in [1.29, 1.82) is 0 Å². The predicted molar refractivity (Wildman–Crippen MR) is 108 cm³/mol. The Morgan fingerprint density at radius 1 is 1.26 bits per heavy atom. The Labute approximate surface area is 165 Å². The Balaban J connectivity index is 1.35. The second-order valence-corrected chi connectivity index (χ2v) is 8.05. The molecule has 0 spiro atoms. The van der Waals surface area contributed by atoms with Crippen LogP contribution in [0.4, 0.5) is 5.13 Å². The molecule has 140 valence electrons. The van der Waals surface area contributed by atoms with E-state index in [0.717, 1.165) is 46.1 Å². The first-order valence-corrected chi connectivity index (χ1v) is 10.0. The van der Waals surface area contributed by atoms with Crippen molar-refractivity contribution in [3.05, 3.63) is 47.1 Å². The van der Waals surface area contributed by atoms with Crippen LogP contribution in [0.2, 0.25) is 5.02 Å². The van der Waals surface area contributed by atoms with E-state index in [-0.39, 0.29) is 6.10 Å². The zero-order valence-electron chi connectivity index (χ0n) is 14.5. The summed E-state index contributed by atoms with van der Waals surface area (Å²) in [5.74, 6) is -0.200. The molecule has 3 aromatic rings. The number of rotatable bonds is 5. The van der Waals surface area contributed by atoms with Crippen molar-refractivity contribution in [2.75, 3.05) is 5.32 Å². The van der Waals surface area contributed by atoms with Crippen LogP contribution in [0.5, 0.6) is 5.88 Å². The molecule has 6 nitrogen and oxygen atoms in total. The monoisotopic (exact) mass is 402 g/mol. The highest BCUT2D eigenvalue weighted by Gasteiger charge is 2.24. The maximum absolute atomic E-state index is 11.5. The first-order valence-electron chi connectivity index (χ1n) is 8.82. The molecule has 0 radical (unpaired) electrons. The Kier molecular flexibility index (Phi) is 5.13. The Hall–Kier alpha value is -2.38. The van der Waals surface area contributed by atoms with E-state index < -0.39 is 5.91 Å². The zero-order chi connectivity index (χ0) is 18.8. The van der Waals surface area contributed by atoms with Crippen LogP contribution in [0.15, 0.2) is 36.5 Å². The molecule has 0 saturated heterocycles. The van der Waals surface area contributed by atoms with Gasteiger partial charge in [0.25, 0.3) is 5.91 Å². The third kappa shape index (κ3) is 4.14. The number of aromatic nitrogens is 2. The van der Waals surface area contributed by atoms with Gasteiger partial charge in [-0.2, -0.15) is 0 Å². The van der Waals surface area contributed by atoms with Crippen molar-refractivity contribution >= 4 is 44.2 Å². The van der Waals surface area contributed by atoms with Crippen LogP contribution >= 0.6 is 22.9 Å². The highest BCUT2D eigenvalue weighted by atomic mass is 35.5. The summed E-state index contributed by atoms with van der Waals surface area (Å²) < 4.78 is 7.02. The Bertz CT molecular complexity index is 969. The predicted octanol–water partition coefficient (Wildman–Crippen LogP) is 4.25. The van der Waals surface area contributed by atoms with Crippen molar-refractivity contribution in [1.82, 2.24) is 9.97 Å². The third-order valence-corrected chi connectivity index (χ3v) is 5.85. The fourth-order valence-corrected chi connectivity index (χ4v) is 4.51. The Morgan fingerprint density at radius 3 is 2.85 bits per heavy atom. The number of pyridine rings is 1. The number of hydrogen-bond acceptors (Lipinski definition) is 6. The van der Waals surface area contributed by atoms with Crippen molar-refractivity contribution in [2.24, 2.45) is 5.73 Å². The lowest BCUT2D eigenvalue weighted by molar-refractivity contribution is 0.0983. The van der Waals surface area contributed by atoms with E-state index in [1.54, 1.807) is 29.7 Å². The van der Waals surface area contributed by atoms with Gasteiger partial charge in [0.2, 0.25) is 5.88 Å². The molecule has 3 N–H and O–H groups in total. The van der Waals surface area contributed by atoms with Crippen LogP contribution in [-0.4, -0.2) is 28.0 Å². The number of thiazole rings is 1. The summed E-state index contributed by atoms with van der Waals surface area (Å²) in [6.45, 7) is 0. The minimum atomic E-state index is -0.524. The SMILES string of the molecule is NC(=O)c1cccnc1OC1CCC(Nc2nc3ccc(Cl)cc3s2)CC1. The molecular formula is C19H19ClN4O2S. The van der Waals surface area contributed by atoms with Gasteiger partial charge in [-0.3, -0.25) is 4.79 Å². The van der Waals surface area contributed by atoms with Gasteiger partial charge in [-0.25, -0.2) is 9.97 Å². The van der Waals surface area contributed by atoms with E-state index in [0.29, 0.717) is 17.5 Å². The number of nitrogens with one attached hydrogen (secondary N) is 1. The lowest BCUT2D eigenvalue weighted by Crippen LogP contribution is -2.31. The number of amides is 1. The molecule has 4 rings (SSSR count). The number of nitrogens with zero attached hydrogens (tertiary/aromatic N) is 2. The molecular weight excluding hydrogens is 384 g/mol. The number of nitrogens with two attached hydrogens (primary N) is 1. The molecule has 0 bridgehead atoms. The van der Waals surface area contributed by atoms with Crippen LogP contribution in [0, 0.1) is 0 Å². The topological polar surface area (TPSA) is 90.1 Å². The molecule has 2 heterocycles. The normalized spacial score (nSPS) is 19.7. The second-order valence-electron chi connectivity index (χ2n) is 6.59. The minimum absolute atomic E-state index is 0.0326. The summed E-state index contributed by atoms with van der Waals surface area (Å²) in [5, 5.41) is 5.16. The first kappa shape index (κ1) is 18.0. The number of halogens is 1. The number of hydrogen-bond donors (Lipinski definition) is 2. The van der Waals surface area contributed by atoms with Gasteiger partial charge in [0, 0.05) is 17.3 Å². The molecule has 1 aromatic carbocycles. The second kappa shape index (κ2) is 7.70. The average Bonchev–Trinajstić information content (AvgIpc) is 3.05. The summed E-state index contributed by atoms with van der Waals surface area (Å²) >= 11 is 7.66. The van der Waals surface area contributed by atoms with E-state index in [2.05, 4.69) is 15.3 Å². The smallest absolute Gasteiger partial charge is 0.254 e. The quantitative estimate of drug-likeness (QED) is 0.665. The van der Waals surface area contributed by atoms with E-state index in [1.165, 1.54) is 0 Å². The number of anilines is 1. The molecule has 1 aliphatic carbocycles. The van der Waals surface area contributed by atoms with Crippen molar-refractivity contribution in [3.63, 3.8) is 0 Å². The molecule has 27 heavy (non-hydrogen) atoms. The highest BCUT2D eigenvalue weighted by Crippen LogP contribution is 2.31. The summed E-state index contributed by atoms with van der Waals surface area (Å²) in [5.41, 5.74) is 6.67. The van der Waals surface area contributed by atoms with E-state index in [9.17, 15) is 4.79 Å². The van der Waals surface area contributed by atoms with Crippen LogP contribution in [-0.2, 0) is 0 Å². The van der Waals surface area contributed by atoms with Gasteiger partial charge in [0.1, 0.15) is 11.7 Å². The number of ether oxygens (including phenoxy) is 1. The van der Waals surface area contributed by atoms with Gasteiger partial charge in [-0.1, -0.05) is 22.9 Å². The maximum Gasteiger partial charge on any atom is 0.254 e. The van der Waals surface area contributed by atoms with Crippen LogP contribution < -0.4 is 15.8 Å². The van der Waals surface area contributed by atoms with Gasteiger partial charge in [0.05, 0.1) is 10.2 Å². The number of carbonyl (C=O) groups is 1. The zero-order valence-corrected chi connectivity index (χ0v) is 16.1. The number of benzene rings is 1. The van der Waals surface area contributed by atoms with Gasteiger partial charge < -0.3 is 15.8 Å². The van der Waals surface area contributed by atoms with Crippen molar-refractivity contribution < 1.29 is 9.53 Å². The molecule has 1 aliphatic rings. The van der Waals surface area contributed by atoms with Crippen LogP contribution in [0.1, 0.15) is 36.0 Å². The number of carbonyl (C=O) groups excluding carboxylic acids is 1. The maximum atomic E-state index is 11.5. The standard InChI is InChI=1S/C19H19ClN4O2S/c20-11-3-8-15-16(10-11)27-19(24-15)23-12-4-6-13(7-5-12)26-18-14(17(21)25)2-1-9-22-18/h1-3,8-10,12-13H,4-7H2,(H2,21,25)(H,23,24). The van der Waals surface area contributed by atoms with Crippen LogP contribution in [0.25, 0.3) is 10.2 Å².